The van der Waals surface area contributed by atoms with Gasteiger partial charge >= 0.3 is 0 Å². The van der Waals surface area contributed by atoms with Crippen LogP contribution in [0.5, 0.6) is 0 Å². The number of nitrogens with one attached hydrogen (secondary N) is 1. The van der Waals surface area contributed by atoms with Crippen LogP contribution >= 0.6 is 12.4 Å². The van der Waals surface area contributed by atoms with Crippen molar-refractivity contribution in [2.45, 2.75) is 20.0 Å². The minimum Gasteiger partial charge on any atom is -0.379 e. The number of carbonyl (C=O) groups excluding carboxylic acids is 1. The molecule has 1 rings (SSSR count). The van der Waals surface area contributed by atoms with Gasteiger partial charge in [0, 0.05) is 32.8 Å². The lowest BCUT2D eigenvalue weighted by atomic mass is 10.3. The zero-order valence-corrected chi connectivity index (χ0v) is 11.4. The van der Waals surface area contributed by atoms with Crippen molar-refractivity contribution in [2.24, 2.45) is 0 Å². The highest BCUT2D eigenvalue weighted by Gasteiger charge is 2.22. The molecule has 5 nitrogen and oxygen atoms in total. The Morgan fingerprint density at radius 1 is 1.35 bits per heavy atom. The van der Waals surface area contributed by atoms with Gasteiger partial charge in [0.15, 0.2) is 0 Å². The van der Waals surface area contributed by atoms with Crippen LogP contribution in [0, 0.1) is 0 Å². The molecular weight excluding hydrogens is 244 g/mol. The SMILES string of the molecule is CCOCCOC(C)C(=O)N1CCNCC1.Cl. The van der Waals surface area contributed by atoms with E-state index in [1.165, 1.54) is 0 Å². The van der Waals surface area contributed by atoms with Gasteiger partial charge in [-0.15, -0.1) is 12.4 Å². The van der Waals surface area contributed by atoms with Crippen molar-refractivity contribution in [3.05, 3.63) is 0 Å². The number of nitrogens with zero attached hydrogens (tertiary/aromatic N) is 1. The molecule has 1 fully saturated rings. The number of rotatable bonds is 6. The van der Waals surface area contributed by atoms with Gasteiger partial charge in [-0.25, -0.2) is 0 Å². The summed E-state index contributed by atoms with van der Waals surface area (Å²) in [7, 11) is 0. The Balaban J connectivity index is 0.00000256. The van der Waals surface area contributed by atoms with Gasteiger partial charge in [0.2, 0.25) is 0 Å². The quantitative estimate of drug-likeness (QED) is 0.702. The van der Waals surface area contributed by atoms with Crippen molar-refractivity contribution in [2.75, 3.05) is 46.0 Å². The van der Waals surface area contributed by atoms with Crippen molar-refractivity contribution in [3.63, 3.8) is 0 Å². The predicted molar refractivity (Wildman–Crippen MR) is 68.6 cm³/mol. The number of piperazine rings is 1. The fourth-order valence-corrected chi connectivity index (χ4v) is 1.64. The van der Waals surface area contributed by atoms with Gasteiger partial charge in [0.1, 0.15) is 6.10 Å². The van der Waals surface area contributed by atoms with E-state index < -0.39 is 0 Å². The van der Waals surface area contributed by atoms with Crippen LogP contribution in [0.2, 0.25) is 0 Å². The minimum absolute atomic E-state index is 0. The zero-order chi connectivity index (χ0) is 11.8. The molecule has 0 bridgehead atoms. The third-order valence-corrected chi connectivity index (χ3v) is 2.58. The summed E-state index contributed by atoms with van der Waals surface area (Å²) in [5, 5.41) is 3.21. The average molecular weight is 267 g/mol. The Kier molecular flexibility index (Phi) is 9.44. The van der Waals surface area contributed by atoms with Crippen LogP contribution < -0.4 is 5.32 Å². The van der Waals surface area contributed by atoms with Gasteiger partial charge in [-0.3, -0.25) is 4.79 Å². The van der Waals surface area contributed by atoms with E-state index >= 15 is 0 Å². The highest BCUT2D eigenvalue weighted by molar-refractivity contribution is 5.85. The predicted octanol–water partition coefficient (Wildman–Crippen LogP) is 0.282. The average Bonchev–Trinajstić information content (AvgIpc) is 2.34. The Morgan fingerprint density at radius 3 is 2.59 bits per heavy atom. The minimum atomic E-state index is -0.362. The lowest BCUT2D eigenvalue weighted by Crippen LogP contribution is -2.49. The van der Waals surface area contributed by atoms with Crippen molar-refractivity contribution in [1.29, 1.82) is 0 Å². The van der Waals surface area contributed by atoms with E-state index in [2.05, 4.69) is 5.32 Å². The molecule has 1 saturated heterocycles. The van der Waals surface area contributed by atoms with E-state index in [9.17, 15) is 4.79 Å². The van der Waals surface area contributed by atoms with Crippen LogP contribution in [0.4, 0.5) is 0 Å². The second-order valence-corrected chi connectivity index (χ2v) is 3.79. The largest absolute Gasteiger partial charge is 0.379 e. The Morgan fingerprint density at radius 2 is 2.00 bits per heavy atom. The summed E-state index contributed by atoms with van der Waals surface area (Å²) in [6, 6.07) is 0. The number of hydrogen-bond acceptors (Lipinski definition) is 4. The van der Waals surface area contributed by atoms with E-state index in [4.69, 9.17) is 9.47 Å². The van der Waals surface area contributed by atoms with Crippen molar-refractivity contribution in [3.8, 4) is 0 Å². The van der Waals surface area contributed by atoms with Gasteiger partial charge in [0.25, 0.3) is 5.91 Å². The number of carbonyl (C=O) groups is 1. The van der Waals surface area contributed by atoms with Gasteiger partial charge in [-0.05, 0) is 13.8 Å². The first-order chi connectivity index (χ1) is 7.75. The molecule has 0 aliphatic carbocycles. The second-order valence-electron chi connectivity index (χ2n) is 3.79. The lowest BCUT2D eigenvalue weighted by molar-refractivity contribution is -0.144. The fourth-order valence-electron chi connectivity index (χ4n) is 1.64. The Labute approximate surface area is 109 Å². The molecule has 17 heavy (non-hydrogen) atoms. The molecule has 1 heterocycles. The molecule has 1 atom stereocenters. The second kappa shape index (κ2) is 9.65. The van der Waals surface area contributed by atoms with Crippen LogP contribution in [0.15, 0.2) is 0 Å². The first-order valence-electron chi connectivity index (χ1n) is 5.94. The number of hydrogen-bond donors (Lipinski definition) is 1. The maximum atomic E-state index is 11.9. The molecule has 0 aromatic carbocycles. The zero-order valence-electron chi connectivity index (χ0n) is 10.6. The topological polar surface area (TPSA) is 50.8 Å². The van der Waals surface area contributed by atoms with Crippen LogP contribution in [0.25, 0.3) is 0 Å². The summed E-state index contributed by atoms with van der Waals surface area (Å²) in [5.74, 6) is 0.0815. The van der Waals surface area contributed by atoms with Gasteiger partial charge in [-0.1, -0.05) is 0 Å². The van der Waals surface area contributed by atoms with Crippen LogP contribution in [-0.4, -0.2) is 62.9 Å². The summed E-state index contributed by atoms with van der Waals surface area (Å²) in [5.41, 5.74) is 0. The third kappa shape index (κ3) is 6.21. The first kappa shape index (κ1) is 16.6. The molecule has 1 aliphatic heterocycles. The molecule has 0 aromatic rings. The van der Waals surface area contributed by atoms with Crippen LogP contribution in [-0.2, 0) is 14.3 Å². The fraction of sp³-hybridized carbons (Fsp3) is 0.909. The van der Waals surface area contributed by atoms with E-state index in [1.807, 2.05) is 11.8 Å². The molecule has 102 valence electrons. The van der Waals surface area contributed by atoms with Crippen molar-refractivity contribution >= 4 is 18.3 Å². The van der Waals surface area contributed by atoms with Gasteiger partial charge in [-0.2, -0.15) is 0 Å². The summed E-state index contributed by atoms with van der Waals surface area (Å²) in [6.45, 7) is 8.75. The van der Waals surface area contributed by atoms with E-state index in [0.717, 1.165) is 26.2 Å². The van der Waals surface area contributed by atoms with E-state index in [0.29, 0.717) is 19.8 Å². The van der Waals surface area contributed by atoms with Gasteiger partial charge in [0.05, 0.1) is 13.2 Å². The number of halogens is 1. The molecule has 0 saturated carbocycles. The van der Waals surface area contributed by atoms with Crippen molar-refractivity contribution < 1.29 is 14.3 Å². The Hall–Kier alpha value is -0.360. The molecule has 0 spiro atoms. The maximum absolute atomic E-state index is 11.9. The molecule has 1 unspecified atom stereocenters. The summed E-state index contributed by atoms with van der Waals surface area (Å²) < 4.78 is 10.6. The summed E-state index contributed by atoms with van der Waals surface area (Å²) in [6.07, 6.45) is -0.362. The van der Waals surface area contributed by atoms with Crippen LogP contribution in [0.3, 0.4) is 0 Å². The van der Waals surface area contributed by atoms with Crippen molar-refractivity contribution in [1.82, 2.24) is 10.2 Å². The molecular formula is C11H23ClN2O3. The molecule has 6 heteroatoms. The molecule has 1 N–H and O–H groups in total. The Bertz CT molecular complexity index is 211. The first-order valence-corrected chi connectivity index (χ1v) is 5.94. The number of ether oxygens (including phenoxy) is 2. The molecule has 0 aromatic heterocycles. The lowest BCUT2D eigenvalue weighted by Gasteiger charge is -2.29. The van der Waals surface area contributed by atoms with E-state index in [-0.39, 0.29) is 24.4 Å². The molecule has 1 amide bonds. The highest BCUT2D eigenvalue weighted by atomic mass is 35.5. The smallest absolute Gasteiger partial charge is 0.251 e. The molecule has 1 aliphatic rings. The summed E-state index contributed by atoms with van der Waals surface area (Å²) >= 11 is 0. The van der Waals surface area contributed by atoms with Gasteiger partial charge < -0.3 is 19.7 Å². The monoisotopic (exact) mass is 266 g/mol. The summed E-state index contributed by atoms with van der Waals surface area (Å²) in [4.78, 5) is 13.7. The third-order valence-electron chi connectivity index (χ3n) is 2.58. The standard InChI is InChI=1S/C11H22N2O3.ClH/c1-3-15-8-9-16-10(2)11(14)13-6-4-12-5-7-13;/h10,12H,3-9H2,1-2H3;1H. The van der Waals surface area contributed by atoms with Crippen LogP contribution in [0.1, 0.15) is 13.8 Å². The molecule has 0 radical (unpaired) electrons. The van der Waals surface area contributed by atoms with E-state index in [1.54, 1.807) is 6.92 Å². The maximum Gasteiger partial charge on any atom is 0.251 e. The normalized spacial score (nSPS) is 17.4. The number of amides is 1. The highest BCUT2D eigenvalue weighted by Crippen LogP contribution is 2.01.